The highest BCUT2D eigenvalue weighted by molar-refractivity contribution is 14.0. The standard InChI is InChI=1S/C21H34N4O2.HI/c1-3-22-21(25-13-11-18(12-14-25)26-4-2)24-16-17-9-10-20(23-15-17)27-19-7-5-6-8-19;/h9-10,15,18-19H,3-8,11-14,16H2,1-2H3,(H,22,24);1H. The molecule has 2 aliphatic rings. The third kappa shape index (κ3) is 7.06. The zero-order chi connectivity index (χ0) is 18.9. The van der Waals surface area contributed by atoms with Gasteiger partial charge < -0.3 is 19.7 Å². The number of likely N-dealkylation sites (tertiary alicyclic amines) is 1. The van der Waals surface area contributed by atoms with E-state index in [9.17, 15) is 0 Å². The van der Waals surface area contributed by atoms with Crippen molar-refractivity contribution in [3.05, 3.63) is 23.9 Å². The van der Waals surface area contributed by atoms with Crippen LogP contribution in [0.2, 0.25) is 0 Å². The summed E-state index contributed by atoms with van der Waals surface area (Å²) in [4.78, 5) is 11.6. The van der Waals surface area contributed by atoms with E-state index in [1.807, 2.05) is 12.3 Å². The van der Waals surface area contributed by atoms with Gasteiger partial charge in [-0.3, -0.25) is 0 Å². The third-order valence-electron chi connectivity index (χ3n) is 5.28. The molecule has 0 amide bonds. The number of aliphatic imine (C=N–C) groups is 1. The molecule has 158 valence electrons. The summed E-state index contributed by atoms with van der Waals surface area (Å²) in [5.41, 5.74) is 1.10. The average Bonchev–Trinajstić information content (AvgIpc) is 3.20. The molecule has 1 aromatic rings. The highest BCUT2D eigenvalue weighted by atomic mass is 127. The molecule has 2 heterocycles. The fourth-order valence-corrected chi connectivity index (χ4v) is 3.81. The molecule has 1 saturated heterocycles. The van der Waals surface area contributed by atoms with E-state index in [-0.39, 0.29) is 24.0 Å². The van der Waals surface area contributed by atoms with Crippen LogP contribution >= 0.6 is 24.0 Å². The molecule has 3 rings (SSSR count). The maximum atomic E-state index is 5.94. The van der Waals surface area contributed by atoms with Gasteiger partial charge in [0, 0.05) is 38.5 Å². The average molecular weight is 502 g/mol. The number of pyridine rings is 1. The number of ether oxygens (including phenoxy) is 2. The molecule has 1 N–H and O–H groups in total. The molecule has 0 atom stereocenters. The van der Waals surface area contributed by atoms with Crippen molar-refractivity contribution in [3.8, 4) is 5.88 Å². The number of piperidine rings is 1. The lowest BCUT2D eigenvalue weighted by molar-refractivity contribution is 0.0263. The number of nitrogens with one attached hydrogen (secondary N) is 1. The van der Waals surface area contributed by atoms with Crippen LogP contribution in [0.1, 0.15) is 57.9 Å². The van der Waals surface area contributed by atoms with E-state index in [0.29, 0.717) is 18.8 Å². The summed E-state index contributed by atoms with van der Waals surface area (Å²) < 4.78 is 11.7. The summed E-state index contributed by atoms with van der Waals surface area (Å²) in [6, 6.07) is 4.05. The molecular weight excluding hydrogens is 467 g/mol. The summed E-state index contributed by atoms with van der Waals surface area (Å²) in [6.07, 6.45) is 9.60. The van der Waals surface area contributed by atoms with Gasteiger partial charge in [-0.25, -0.2) is 9.98 Å². The number of hydrogen-bond acceptors (Lipinski definition) is 4. The number of hydrogen-bond donors (Lipinski definition) is 1. The predicted octanol–water partition coefficient (Wildman–Crippen LogP) is 3.99. The minimum atomic E-state index is 0. The number of nitrogens with zero attached hydrogens (tertiary/aromatic N) is 3. The lowest BCUT2D eigenvalue weighted by atomic mass is 10.1. The Bertz CT molecular complexity index is 583. The Morgan fingerprint density at radius 2 is 1.89 bits per heavy atom. The lowest BCUT2D eigenvalue weighted by Gasteiger charge is -2.34. The number of rotatable bonds is 7. The second-order valence-corrected chi connectivity index (χ2v) is 7.34. The number of aromatic nitrogens is 1. The minimum Gasteiger partial charge on any atom is -0.474 e. The van der Waals surface area contributed by atoms with Crippen LogP contribution in [-0.4, -0.2) is 54.3 Å². The summed E-state index contributed by atoms with van der Waals surface area (Å²) in [7, 11) is 0. The van der Waals surface area contributed by atoms with Gasteiger partial charge in [0.25, 0.3) is 0 Å². The molecule has 1 aliphatic carbocycles. The zero-order valence-corrected chi connectivity index (χ0v) is 19.6. The molecular formula is C21H35IN4O2. The largest absolute Gasteiger partial charge is 0.474 e. The first-order chi connectivity index (χ1) is 13.3. The summed E-state index contributed by atoms with van der Waals surface area (Å²) in [5, 5.41) is 3.42. The van der Waals surface area contributed by atoms with E-state index in [4.69, 9.17) is 14.5 Å². The van der Waals surface area contributed by atoms with Gasteiger partial charge in [-0.05, 0) is 57.9 Å². The Morgan fingerprint density at radius 1 is 1.14 bits per heavy atom. The van der Waals surface area contributed by atoms with Crippen LogP contribution in [0.5, 0.6) is 5.88 Å². The molecule has 7 heteroatoms. The van der Waals surface area contributed by atoms with Crippen LogP contribution in [0, 0.1) is 0 Å². The van der Waals surface area contributed by atoms with Crippen molar-refractivity contribution in [2.75, 3.05) is 26.2 Å². The molecule has 1 aromatic heterocycles. The van der Waals surface area contributed by atoms with Gasteiger partial charge in [0.15, 0.2) is 5.96 Å². The van der Waals surface area contributed by atoms with E-state index < -0.39 is 0 Å². The number of guanidine groups is 1. The molecule has 0 aromatic carbocycles. The topological polar surface area (TPSA) is 59.0 Å². The van der Waals surface area contributed by atoms with Crippen molar-refractivity contribution in [1.29, 1.82) is 0 Å². The van der Waals surface area contributed by atoms with Crippen molar-refractivity contribution in [2.45, 2.75) is 71.1 Å². The van der Waals surface area contributed by atoms with Gasteiger partial charge in [0.05, 0.1) is 12.6 Å². The van der Waals surface area contributed by atoms with Gasteiger partial charge >= 0.3 is 0 Å². The maximum absolute atomic E-state index is 5.94. The van der Waals surface area contributed by atoms with Gasteiger partial charge in [-0.2, -0.15) is 0 Å². The van der Waals surface area contributed by atoms with Gasteiger partial charge in [-0.1, -0.05) is 6.07 Å². The van der Waals surface area contributed by atoms with Crippen molar-refractivity contribution in [3.63, 3.8) is 0 Å². The van der Waals surface area contributed by atoms with Crippen LogP contribution in [0.15, 0.2) is 23.3 Å². The molecule has 6 nitrogen and oxygen atoms in total. The van der Waals surface area contributed by atoms with Gasteiger partial charge in [0.2, 0.25) is 5.88 Å². The second-order valence-electron chi connectivity index (χ2n) is 7.34. The molecule has 0 spiro atoms. The van der Waals surface area contributed by atoms with Crippen LogP contribution in [0.3, 0.4) is 0 Å². The fraction of sp³-hybridized carbons (Fsp3) is 0.714. The molecule has 1 aliphatic heterocycles. The first-order valence-electron chi connectivity index (χ1n) is 10.5. The van der Waals surface area contributed by atoms with E-state index in [0.717, 1.165) is 69.3 Å². The van der Waals surface area contributed by atoms with Crippen LogP contribution < -0.4 is 10.1 Å². The van der Waals surface area contributed by atoms with Crippen molar-refractivity contribution >= 4 is 29.9 Å². The highest BCUT2D eigenvalue weighted by Crippen LogP contribution is 2.23. The monoisotopic (exact) mass is 502 g/mol. The van der Waals surface area contributed by atoms with E-state index in [1.54, 1.807) is 0 Å². The third-order valence-corrected chi connectivity index (χ3v) is 5.28. The minimum absolute atomic E-state index is 0. The molecule has 0 bridgehead atoms. The van der Waals surface area contributed by atoms with Crippen molar-refractivity contribution < 1.29 is 9.47 Å². The first kappa shape index (κ1) is 23.2. The smallest absolute Gasteiger partial charge is 0.213 e. The van der Waals surface area contributed by atoms with Gasteiger partial charge in [0.1, 0.15) is 6.10 Å². The Morgan fingerprint density at radius 3 is 2.50 bits per heavy atom. The van der Waals surface area contributed by atoms with E-state index >= 15 is 0 Å². The normalized spacial score (nSPS) is 18.8. The van der Waals surface area contributed by atoms with Crippen molar-refractivity contribution in [2.24, 2.45) is 4.99 Å². The quantitative estimate of drug-likeness (QED) is 0.347. The lowest BCUT2D eigenvalue weighted by Crippen LogP contribution is -2.47. The summed E-state index contributed by atoms with van der Waals surface area (Å²) in [5.74, 6) is 1.72. The molecule has 0 radical (unpaired) electrons. The fourth-order valence-electron chi connectivity index (χ4n) is 3.81. The van der Waals surface area contributed by atoms with E-state index in [2.05, 4.69) is 35.1 Å². The Labute approximate surface area is 186 Å². The SMILES string of the molecule is CCNC(=NCc1ccc(OC2CCCC2)nc1)N1CCC(OCC)CC1.I. The predicted molar refractivity (Wildman–Crippen MR) is 124 cm³/mol. The van der Waals surface area contributed by atoms with E-state index in [1.165, 1.54) is 12.8 Å². The Kier molecular flexibility index (Phi) is 10.3. The van der Waals surface area contributed by atoms with Crippen LogP contribution in [0.4, 0.5) is 0 Å². The maximum Gasteiger partial charge on any atom is 0.213 e. The Hall–Kier alpha value is -1.09. The Balaban J connectivity index is 0.00000280. The van der Waals surface area contributed by atoms with Crippen LogP contribution in [-0.2, 0) is 11.3 Å². The van der Waals surface area contributed by atoms with Crippen LogP contribution in [0.25, 0.3) is 0 Å². The summed E-state index contributed by atoms with van der Waals surface area (Å²) in [6.45, 7) is 8.45. The molecule has 0 unspecified atom stereocenters. The second kappa shape index (κ2) is 12.5. The molecule has 1 saturated carbocycles. The summed E-state index contributed by atoms with van der Waals surface area (Å²) >= 11 is 0. The molecule has 28 heavy (non-hydrogen) atoms. The molecule has 2 fully saturated rings. The van der Waals surface area contributed by atoms with Gasteiger partial charge in [-0.15, -0.1) is 24.0 Å². The van der Waals surface area contributed by atoms with Crippen molar-refractivity contribution in [1.82, 2.24) is 15.2 Å². The number of halogens is 1. The first-order valence-corrected chi connectivity index (χ1v) is 10.5. The zero-order valence-electron chi connectivity index (χ0n) is 17.2. The highest BCUT2D eigenvalue weighted by Gasteiger charge is 2.21.